The summed E-state index contributed by atoms with van der Waals surface area (Å²) < 4.78 is 0. The molecule has 17 heavy (non-hydrogen) atoms. The highest BCUT2D eigenvalue weighted by molar-refractivity contribution is 5.85. The van der Waals surface area contributed by atoms with Gasteiger partial charge in [-0.3, -0.25) is 4.79 Å². The van der Waals surface area contributed by atoms with Crippen molar-refractivity contribution in [1.82, 2.24) is 10.6 Å². The quantitative estimate of drug-likeness (QED) is 0.817. The molecular weight excluding hydrogens is 236 g/mol. The molecule has 0 bridgehead atoms. The number of carbonyl (C=O) groups is 1. The highest BCUT2D eigenvalue weighted by Gasteiger charge is 2.39. The number of piperidine rings is 1. The zero-order valence-electron chi connectivity index (χ0n) is 10.8. The smallest absolute Gasteiger partial charge is 0.226 e. The van der Waals surface area contributed by atoms with Crippen molar-refractivity contribution < 1.29 is 4.79 Å². The van der Waals surface area contributed by atoms with E-state index in [1.165, 1.54) is 19.3 Å². The second-order valence-corrected chi connectivity index (χ2v) is 5.36. The number of halogens is 1. The van der Waals surface area contributed by atoms with Crippen molar-refractivity contribution in [3.63, 3.8) is 0 Å². The molecule has 100 valence electrons. The van der Waals surface area contributed by atoms with Gasteiger partial charge in [0.25, 0.3) is 0 Å². The molecule has 1 saturated carbocycles. The van der Waals surface area contributed by atoms with Crippen LogP contribution in [-0.2, 0) is 4.79 Å². The third-order valence-corrected chi connectivity index (χ3v) is 4.35. The maximum Gasteiger partial charge on any atom is 0.226 e. The molecule has 0 aromatic rings. The summed E-state index contributed by atoms with van der Waals surface area (Å²) in [6.07, 6.45) is 7.96. The Bertz CT molecular complexity index is 246. The van der Waals surface area contributed by atoms with Gasteiger partial charge >= 0.3 is 0 Å². The molecule has 1 aliphatic carbocycles. The molecule has 4 heteroatoms. The van der Waals surface area contributed by atoms with E-state index in [-0.39, 0.29) is 17.8 Å². The van der Waals surface area contributed by atoms with Gasteiger partial charge in [-0.25, -0.2) is 0 Å². The fraction of sp³-hybridized carbons (Fsp3) is 0.923. The van der Waals surface area contributed by atoms with Gasteiger partial charge in [0, 0.05) is 18.0 Å². The second-order valence-electron chi connectivity index (χ2n) is 5.36. The molecule has 0 aromatic heterocycles. The third-order valence-electron chi connectivity index (χ3n) is 4.35. The Morgan fingerprint density at radius 1 is 1.35 bits per heavy atom. The van der Waals surface area contributed by atoms with E-state index >= 15 is 0 Å². The van der Waals surface area contributed by atoms with Crippen LogP contribution in [0.15, 0.2) is 0 Å². The van der Waals surface area contributed by atoms with E-state index in [9.17, 15) is 4.79 Å². The first-order chi connectivity index (χ1) is 7.77. The minimum Gasteiger partial charge on any atom is -0.352 e. The summed E-state index contributed by atoms with van der Waals surface area (Å²) in [5.41, 5.74) is -0.0303. The lowest BCUT2D eigenvalue weighted by Gasteiger charge is -2.31. The SMILES string of the molecule is CCC1(C(=O)N[C@H]2CCCNC2)CCCC1.Cl. The van der Waals surface area contributed by atoms with Crippen molar-refractivity contribution in [3.8, 4) is 0 Å². The van der Waals surface area contributed by atoms with Crippen molar-refractivity contribution in [2.24, 2.45) is 5.41 Å². The summed E-state index contributed by atoms with van der Waals surface area (Å²) in [5.74, 6) is 0.321. The predicted octanol–water partition coefficient (Wildman–Crippen LogP) is 2.25. The fourth-order valence-corrected chi connectivity index (χ4v) is 3.11. The van der Waals surface area contributed by atoms with E-state index in [0.29, 0.717) is 11.9 Å². The second kappa shape index (κ2) is 6.60. The van der Waals surface area contributed by atoms with Gasteiger partial charge in [0.05, 0.1) is 0 Å². The fourth-order valence-electron chi connectivity index (χ4n) is 3.11. The van der Waals surface area contributed by atoms with E-state index in [0.717, 1.165) is 38.8 Å². The summed E-state index contributed by atoms with van der Waals surface area (Å²) in [7, 11) is 0. The lowest BCUT2D eigenvalue weighted by Crippen LogP contribution is -2.50. The monoisotopic (exact) mass is 260 g/mol. The number of amides is 1. The number of hydrogen-bond acceptors (Lipinski definition) is 2. The van der Waals surface area contributed by atoms with E-state index in [1.807, 2.05) is 0 Å². The largest absolute Gasteiger partial charge is 0.352 e. The maximum atomic E-state index is 12.3. The number of hydrogen-bond donors (Lipinski definition) is 2. The molecular formula is C13H25ClN2O. The first kappa shape index (κ1) is 14.8. The van der Waals surface area contributed by atoms with Gasteiger partial charge < -0.3 is 10.6 Å². The molecule has 1 atom stereocenters. The molecule has 1 aliphatic heterocycles. The molecule has 1 saturated heterocycles. The van der Waals surface area contributed by atoms with Gasteiger partial charge in [-0.2, -0.15) is 0 Å². The standard InChI is InChI=1S/C13H24N2O.ClH/c1-2-13(7-3-4-8-13)12(16)15-11-6-5-9-14-10-11;/h11,14H,2-10H2,1H3,(H,15,16);1H/t11-;/m0./s1. The van der Waals surface area contributed by atoms with Gasteiger partial charge in [0.2, 0.25) is 5.91 Å². The summed E-state index contributed by atoms with van der Waals surface area (Å²) in [6.45, 7) is 4.21. The van der Waals surface area contributed by atoms with Crippen LogP contribution in [0.25, 0.3) is 0 Å². The molecule has 1 heterocycles. The van der Waals surface area contributed by atoms with E-state index in [1.54, 1.807) is 0 Å². The van der Waals surface area contributed by atoms with Gasteiger partial charge in [-0.05, 0) is 38.6 Å². The van der Waals surface area contributed by atoms with Crippen molar-refractivity contribution >= 4 is 18.3 Å². The zero-order valence-corrected chi connectivity index (χ0v) is 11.6. The Labute approximate surface area is 111 Å². The Kier molecular flexibility index (Phi) is 5.74. The van der Waals surface area contributed by atoms with E-state index in [2.05, 4.69) is 17.6 Å². The van der Waals surface area contributed by atoms with Crippen LogP contribution in [0.3, 0.4) is 0 Å². The molecule has 3 nitrogen and oxygen atoms in total. The highest BCUT2D eigenvalue weighted by atomic mass is 35.5. The average Bonchev–Trinajstić information content (AvgIpc) is 2.80. The molecule has 2 fully saturated rings. The van der Waals surface area contributed by atoms with Crippen LogP contribution in [0.5, 0.6) is 0 Å². The highest BCUT2D eigenvalue weighted by Crippen LogP contribution is 2.41. The van der Waals surface area contributed by atoms with Crippen LogP contribution in [0.1, 0.15) is 51.9 Å². The van der Waals surface area contributed by atoms with Crippen molar-refractivity contribution in [1.29, 1.82) is 0 Å². The normalized spacial score (nSPS) is 27.2. The summed E-state index contributed by atoms with van der Waals surface area (Å²) in [5, 5.41) is 6.60. The number of rotatable bonds is 3. The topological polar surface area (TPSA) is 41.1 Å². The van der Waals surface area contributed by atoms with Crippen molar-refractivity contribution in [2.75, 3.05) is 13.1 Å². The number of nitrogens with one attached hydrogen (secondary N) is 2. The first-order valence-electron chi connectivity index (χ1n) is 6.78. The summed E-state index contributed by atoms with van der Waals surface area (Å²) >= 11 is 0. The summed E-state index contributed by atoms with van der Waals surface area (Å²) in [4.78, 5) is 12.3. The average molecular weight is 261 g/mol. The van der Waals surface area contributed by atoms with Crippen molar-refractivity contribution in [2.45, 2.75) is 57.9 Å². The van der Waals surface area contributed by atoms with Crippen LogP contribution in [0.2, 0.25) is 0 Å². The lowest BCUT2D eigenvalue weighted by atomic mass is 9.82. The lowest BCUT2D eigenvalue weighted by molar-refractivity contribution is -0.131. The Morgan fingerprint density at radius 2 is 2.06 bits per heavy atom. The predicted molar refractivity (Wildman–Crippen MR) is 72.5 cm³/mol. The zero-order chi connectivity index (χ0) is 11.4. The van der Waals surface area contributed by atoms with Gasteiger partial charge in [-0.15, -0.1) is 12.4 Å². The Hall–Kier alpha value is -0.280. The molecule has 1 amide bonds. The molecule has 0 unspecified atom stereocenters. The molecule has 2 aliphatic rings. The van der Waals surface area contributed by atoms with Gasteiger partial charge in [0.1, 0.15) is 0 Å². The van der Waals surface area contributed by atoms with Crippen LogP contribution in [0, 0.1) is 5.41 Å². The minimum absolute atomic E-state index is 0. The molecule has 0 spiro atoms. The minimum atomic E-state index is -0.0303. The van der Waals surface area contributed by atoms with Gasteiger partial charge in [0.15, 0.2) is 0 Å². The number of carbonyl (C=O) groups excluding carboxylic acids is 1. The molecule has 2 N–H and O–H groups in total. The molecule has 0 radical (unpaired) electrons. The third kappa shape index (κ3) is 3.35. The van der Waals surface area contributed by atoms with Crippen LogP contribution in [-0.4, -0.2) is 25.0 Å². The first-order valence-corrected chi connectivity index (χ1v) is 6.78. The Balaban J connectivity index is 0.00000144. The van der Waals surface area contributed by atoms with Crippen LogP contribution in [0.4, 0.5) is 0 Å². The maximum absolute atomic E-state index is 12.3. The Morgan fingerprint density at radius 3 is 2.59 bits per heavy atom. The van der Waals surface area contributed by atoms with E-state index < -0.39 is 0 Å². The molecule has 2 rings (SSSR count). The van der Waals surface area contributed by atoms with Crippen LogP contribution >= 0.6 is 12.4 Å². The van der Waals surface area contributed by atoms with Crippen molar-refractivity contribution in [3.05, 3.63) is 0 Å². The molecule has 0 aromatic carbocycles. The van der Waals surface area contributed by atoms with Gasteiger partial charge in [-0.1, -0.05) is 19.8 Å². The summed E-state index contributed by atoms with van der Waals surface area (Å²) in [6, 6.07) is 0.366. The van der Waals surface area contributed by atoms with Crippen LogP contribution < -0.4 is 10.6 Å². The van der Waals surface area contributed by atoms with E-state index in [4.69, 9.17) is 0 Å².